The number of rotatable bonds is 7. The Balaban J connectivity index is 2.26. The van der Waals surface area contributed by atoms with Gasteiger partial charge in [-0.1, -0.05) is 6.92 Å². The third-order valence-electron chi connectivity index (χ3n) is 1.87. The van der Waals surface area contributed by atoms with Gasteiger partial charge in [0.15, 0.2) is 5.13 Å². The summed E-state index contributed by atoms with van der Waals surface area (Å²) in [7, 11) is 0. The predicted molar refractivity (Wildman–Crippen MR) is 65.2 cm³/mol. The molecule has 0 aliphatic rings. The molecule has 2 N–H and O–H groups in total. The van der Waals surface area contributed by atoms with Crippen molar-refractivity contribution in [3.05, 3.63) is 16.3 Å². The molecule has 1 amide bonds. The fraction of sp³-hybridized carbons (Fsp3) is 0.556. The first kappa shape index (κ1) is 13.4. The second kappa shape index (κ2) is 6.79. The molecule has 1 aromatic heterocycles. The standard InChI is InChI=1S/C9H14N4O3S/c1-2-4-10-7(14)3-5-11-9-12-6-8(17-9)13(15)16/h6H,2-5H2,1H3,(H,10,14)(H,11,12). The summed E-state index contributed by atoms with van der Waals surface area (Å²) in [4.78, 5) is 25.0. The van der Waals surface area contributed by atoms with Crippen molar-refractivity contribution in [2.75, 3.05) is 18.4 Å². The molecule has 0 aliphatic carbocycles. The van der Waals surface area contributed by atoms with E-state index in [0.29, 0.717) is 24.6 Å². The fourth-order valence-corrected chi connectivity index (χ4v) is 1.73. The molecule has 1 heterocycles. The minimum atomic E-state index is -0.489. The lowest BCUT2D eigenvalue weighted by Gasteiger charge is -2.03. The number of hydrogen-bond acceptors (Lipinski definition) is 6. The lowest BCUT2D eigenvalue weighted by atomic mass is 10.4. The second-order valence-electron chi connectivity index (χ2n) is 3.29. The van der Waals surface area contributed by atoms with E-state index in [1.54, 1.807) is 0 Å². The van der Waals surface area contributed by atoms with Gasteiger partial charge >= 0.3 is 5.00 Å². The van der Waals surface area contributed by atoms with Crippen LogP contribution in [-0.4, -0.2) is 28.9 Å². The predicted octanol–water partition coefficient (Wildman–Crippen LogP) is 1.38. The van der Waals surface area contributed by atoms with E-state index in [-0.39, 0.29) is 10.9 Å². The second-order valence-corrected chi connectivity index (χ2v) is 4.30. The maximum Gasteiger partial charge on any atom is 0.345 e. The normalized spacial score (nSPS) is 9.94. The fourth-order valence-electron chi connectivity index (χ4n) is 1.07. The van der Waals surface area contributed by atoms with Crippen molar-refractivity contribution in [3.63, 3.8) is 0 Å². The summed E-state index contributed by atoms with van der Waals surface area (Å²) in [5.74, 6) is -0.0367. The molecular formula is C9H14N4O3S. The Morgan fingerprint density at radius 3 is 2.94 bits per heavy atom. The van der Waals surface area contributed by atoms with Crippen LogP contribution in [-0.2, 0) is 4.79 Å². The number of anilines is 1. The summed E-state index contributed by atoms with van der Waals surface area (Å²) in [6.07, 6.45) is 2.43. The van der Waals surface area contributed by atoms with Crippen LogP contribution in [0.1, 0.15) is 19.8 Å². The van der Waals surface area contributed by atoms with E-state index in [1.165, 1.54) is 6.20 Å². The molecule has 0 aliphatic heterocycles. The first-order valence-electron chi connectivity index (χ1n) is 5.24. The van der Waals surface area contributed by atoms with Crippen molar-refractivity contribution >= 4 is 27.4 Å². The van der Waals surface area contributed by atoms with Gasteiger partial charge in [-0.2, -0.15) is 0 Å². The molecule has 1 aromatic rings. The molecule has 0 radical (unpaired) electrons. The van der Waals surface area contributed by atoms with Gasteiger partial charge in [-0.05, 0) is 17.8 Å². The number of hydrogen-bond donors (Lipinski definition) is 2. The maximum atomic E-state index is 11.2. The lowest BCUT2D eigenvalue weighted by molar-refractivity contribution is -0.380. The van der Waals surface area contributed by atoms with Crippen molar-refractivity contribution in [2.45, 2.75) is 19.8 Å². The van der Waals surface area contributed by atoms with Gasteiger partial charge in [0.25, 0.3) is 0 Å². The highest BCUT2D eigenvalue weighted by Gasteiger charge is 2.11. The summed E-state index contributed by atoms with van der Waals surface area (Å²) < 4.78 is 0. The van der Waals surface area contributed by atoms with Crippen molar-refractivity contribution in [1.82, 2.24) is 10.3 Å². The van der Waals surface area contributed by atoms with Crippen LogP contribution in [0.15, 0.2) is 6.20 Å². The molecule has 0 saturated heterocycles. The highest BCUT2D eigenvalue weighted by Crippen LogP contribution is 2.24. The Morgan fingerprint density at radius 2 is 2.35 bits per heavy atom. The highest BCUT2D eigenvalue weighted by atomic mass is 32.1. The van der Waals surface area contributed by atoms with Crippen LogP contribution in [0.5, 0.6) is 0 Å². The first-order valence-corrected chi connectivity index (χ1v) is 6.06. The van der Waals surface area contributed by atoms with E-state index >= 15 is 0 Å². The first-order chi connectivity index (χ1) is 8.13. The summed E-state index contributed by atoms with van der Waals surface area (Å²) in [6.45, 7) is 3.06. The van der Waals surface area contributed by atoms with Gasteiger partial charge < -0.3 is 10.6 Å². The van der Waals surface area contributed by atoms with Crippen molar-refractivity contribution < 1.29 is 9.72 Å². The van der Waals surface area contributed by atoms with Gasteiger partial charge in [0.05, 0.1) is 4.92 Å². The van der Waals surface area contributed by atoms with Gasteiger partial charge in [0, 0.05) is 19.5 Å². The number of thiazole rings is 1. The monoisotopic (exact) mass is 258 g/mol. The number of nitrogens with zero attached hydrogens (tertiary/aromatic N) is 2. The third-order valence-corrected chi connectivity index (χ3v) is 2.78. The van der Waals surface area contributed by atoms with E-state index in [9.17, 15) is 14.9 Å². The zero-order valence-electron chi connectivity index (χ0n) is 9.43. The van der Waals surface area contributed by atoms with Gasteiger partial charge in [-0.25, -0.2) is 4.98 Å². The van der Waals surface area contributed by atoms with Gasteiger partial charge in [-0.15, -0.1) is 0 Å². The molecule has 94 valence electrons. The zero-order valence-corrected chi connectivity index (χ0v) is 10.2. The number of nitrogens with one attached hydrogen (secondary N) is 2. The average Bonchev–Trinajstić information content (AvgIpc) is 2.75. The van der Waals surface area contributed by atoms with Gasteiger partial charge in [0.2, 0.25) is 5.91 Å². The largest absolute Gasteiger partial charge is 0.361 e. The molecule has 17 heavy (non-hydrogen) atoms. The van der Waals surface area contributed by atoms with Crippen molar-refractivity contribution in [1.29, 1.82) is 0 Å². The zero-order chi connectivity index (χ0) is 12.7. The Bertz CT molecular complexity index is 393. The molecule has 0 bridgehead atoms. The summed E-state index contributed by atoms with van der Waals surface area (Å²) in [6, 6.07) is 0. The Labute approximate surface area is 102 Å². The summed E-state index contributed by atoms with van der Waals surface area (Å²) in [5.41, 5.74) is 0. The number of carbonyl (C=O) groups is 1. The van der Waals surface area contributed by atoms with Gasteiger partial charge in [0.1, 0.15) is 6.20 Å². The number of nitro groups is 1. The Hall–Kier alpha value is -1.70. The molecular weight excluding hydrogens is 244 g/mol. The topological polar surface area (TPSA) is 97.2 Å². The van der Waals surface area contributed by atoms with E-state index < -0.39 is 4.92 Å². The number of amides is 1. The van der Waals surface area contributed by atoms with Gasteiger partial charge in [-0.3, -0.25) is 14.9 Å². The van der Waals surface area contributed by atoms with Crippen LogP contribution in [0.4, 0.5) is 10.1 Å². The molecule has 1 rings (SSSR count). The average molecular weight is 258 g/mol. The smallest absolute Gasteiger partial charge is 0.345 e. The van der Waals surface area contributed by atoms with E-state index in [1.807, 2.05) is 6.92 Å². The number of aromatic nitrogens is 1. The summed E-state index contributed by atoms with van der Waals surface area (Å²) in [5, 5.41) is 16.5. The molecule has 8 heteroatoms. The van der Waals surface area contributed by atoms with E-state index in [0.717, 1.165) is 17.8 Å². The van der Waals surface area contributed by atoms with Crippen LogP contribution >= 0.6 is 11.3 Å². The highest BCUT2D eigenvalue weighted by molar-refractivity contribution is 7.18. The Kier molecular flexibility index (Phi) is 5.34. The minimum absolute atomic E-state index is 0.0112. The van der Waals surface area contributed by atoms with Crippen LogP contribution < -0.4 is 10.6 Å². The third kappa shape index (κ3) is 4.77. The maximum absolute atomic E-state index is 11.2. The quantitative estimate of drug-likeness (QED) is 0.568. The number of carbonyl (C=O) groups excluding carboxylic acids is 1. The van der Waals surface area contributed by atoms with Crippen LogP contribution in [0.3, 0.4) is 0 Å². The van der Waals surface area contributed by atoms with Crippen molar-refractivity contribution in [2.24, 2.45) is 0 Å². The molecule has 0 aromatic carbocycles. The molecule has 0 saturated carbocycles. The van der Waals surface area contributed by atoms with Crippen molar-refractivity contribution in [3.8, 4) is 0 Å². The minimum Gasteiger partial charge on any atom is -0.361 e. The van der Waals surface area contributed by atoms with Crippen LogP contribution in [0.25, 0.3) is 0 Å². The van der Waals surface area contributed by atoms with Crippen LogP contribution in [0.2, 0.25) is 0 Å². The molecule has 0 fully saturated rings. The molecule has 0 atom stereocenters. The molecule has 0 spiro atoms. The van der Waals surface area contributed by atoms with Crippen LogP contribution in [0, 0.1) is 10.1 Å². The lowest BCUT2D eigenvalue weighted by Crippen LogP contribution is -2.25. The molecule has 7 nitrogen and oxygen atoms in total. The Morgan fingerprint density at radius 1 is 1.59 bits per heavy atom. The van der Waals surface area contributed by atoms with E-state index in [2.05, 4.69) is 15.6 Å². The SMILES string of the molecule is CCCNC(=O)CCNc1ncc([N+](=O)[O-])s1. The molecule has 0 unspecified atom stereocenters. The van der Waals surface area contributed by atoms with E-state index in [4.69, 9.17) is 0 Å². The summed E-state index contributed by atoms with van der Waals surface area (Å²) >= 11 is 0.957.